The predicted octanol–water partition coefficient (Wildman–Crippen LogP) is 3.76. The van der Waals surface area contributed by atoms with Crippen molar-refractivity contribution in [3.05, 3.63) is 53.7 Å². The molecule has 0 bridgehead atoms. The predicted molar refractivity (Wildman–Crippen MR) is 120 cm³/mol. The van der Waals surface area contributed by atoms with Crippen LogP contribution in [0.5, 0.6) is 11.5 Å². The molecule has 0 saturated carbocycles. The van der Waals surface area contributed by atoms with Crippen molar-refractivity contribution in [1.82, 2.24) is 4.90 Å². The molecule has 0 spiro atoms. The van der Waals surface area contributed by atoms with Crippen LogP contribution in [0.15, 0.2) is 48.2 Å². The van der Waals surface area contributed by atoms with Gasteiger partial charge in [-0.2, -0.15) is 0 Å². The number of nitrogens with one attached hydrogen (secondary N) is 2. The summed E-state index contributed by atoms with van der Waals surface area (Å²) < 4.78 is 10.8. The first-order valence-electron chi connectivity index (χ1n) is 10.6. The number of fused-ring (bicyclic) bond motifs is 1. The maximum absolute atomic E-state index is 13.3. The number of hydrogen-bond donors (Lipinski definition) is 2. The minimum Gasteiger partial charge on any atom is -0.454 e. The summed E-state index contributed by atoms with van der Waals surface area (Å²) in [5.74, 6) is 0.337. The van der Waals surface area contributed by atoms with Gasteiger partial charge < -0.3 is 20.1 Å². The molecule has 0 fully saturated rings. The first-order valence-corrected chi connectivity index (χ1v) is 10.6. The molecule has 2 N–H and O–H groups in total. The third-order valence-corrected chi connectivity index (χ3v) is 5.29. The summed E-state index contributed by atoms with van der Waals surface area (Å²) in [6, 6.07) is 12.1. The molecule has 2 aromatic rings. The van der Waals surface area contributed by atoms with Gasteiger partial charge in [0.05, 0.1) is 5.57 Å². The Morgan fingerprint density at radius 1 is 0.969 bits per heavy atom. The molecule has 2 aliphatic rings. The van der Waals surface area contributed by atoms with Gasteiger partial charge in [-0.25, -0.2) is 0 Å². The Labute approximate surface area is 186 Å². The number of carbonyl (C=O) groups is 3. The summed E-state index contributed by atoms with van der Waals surface area (Å²) in [5, 5.41) is 5.83. The van der Waals surface area contributed by atoms with Gasteiger partial charge in [-0.15, -0.1) is 0 Å². The number of amides is 3. The summed E-state index contributed by atoms with van der Waals surface area (Å²) in [6.45, 7) is 4.01. The molecule has 8 heteroatoms. The van der Waals surface area contributed by atoms with Gasteiger partial charge >= 0.3 is 0 Å². The Hall–Kier alpha value is -3.81. The van der Waals surface area contributed by atoms with E-state index in [1.165, 1.54) is 11.8 Å². The highest BCUT2D eigenvalue weighted by atomic mass is 16.7. The van der Waals surface area contributed by atoms with Crippen molar-refractivity contribution in [2.24, 2.45) is 0 Å². The summed E-state index contributed by atoms with van der Waals surface area (Å²) in [4.78, 5) is 39.1. The van der Waals surface area contributed by atoms with Crippen LogP contribution in [-0.2, 0) is 14.4 Å². The van der Waals surface area contributed by atoms with Crippen LogP contribution in [0.25, 0.3) is 5.57 Å². The number of ether oxygens (including phenoxy) is 2. The van der Waals surface area contributed by atoms with Crippen molar-refractivity contribution in [2.75, 3.05) is 24.0 Å². The van der Waals surface area contributed by atoms with E-state index in [0.717, 1.165) is 19.3 Å². The molecule has 2 aromatic carbocycles. The van der Waals surface area contributed by atoms with Crippen LogP contribution in [0, 0.1) is 0 Å². The lowest BCUT2D eigenvalue weighted by molar-refractivity contribution is -0.136. The normalized spacial score (nSPS) is 14.9. The highest BCUT2D eigenvalue weighted by Gasteiger charge is 2.39. The summed E-state index contributed by atoms with van der Waals surface area (Å²) >= 11 is 0. The maximum atomic E-state index is 13.3. The van der Waals surface area contributed by atoms with Crippen molar-refractivity contribution in [3.8, 4) is 11.5 Å². The molecule has 0 unspecified atom stereocenters. The molecule has 8 nitrogen and oxygen atoms in total. The lowest BCUT2D eigenvalue weighted by atomic mass is 10.0. The van der Waals surface area contributed by atoms with E-state index in [4.69, 9.17) is 9.47 Å². The molecule has 0 atom stereocenters. The first kappa shape index (κ1) is 21.4. The zero-order valence-corrected chi connectivity index (χ0v) is 18.1. The van der Waals surface area contributed by atoms with E-state index < -0.39 is 0 Å². The molecule has 0 aromatic heterocycles. The highest BCUT2D eigenvalue weighted by Crippen LogP contribution is 2.36. The zero-order chi connectivity index (χ0) is 22.7. The van der Waals surface area contributed by atoms with Crippen molar-refractivity contribution < 1.29 is 23.9 Å². The van der Waals surface area contributed by atoms with Crippen LogP contribution in [-0.4, -0.2) is 36.0 Å². The van der Waals surface area contributed by atoms with E-state index >= 15 is 0 Å². The van der Waals surface area contributed by atoms with Crippen molar-refractivity contribution in [2.45, 2.75) is 33.1 Å². The standard InChI is InChI=1S/C24H25N3O5/c1-3-4-5-12-27-23(29)21(16-6-8-17(9-7-16)25-15(2)28)22(24(27)30)26-18-10-11-19-20(13-18)32-14-31-19/h6-11,13,26H,3-5,12,14H2,1-2H3,(H,25,28). The summed E-state index contributed by atoms with van der Waals surface area (Å²) in [6.07, 6.45) is 2.67. The number of hydrogen-bond acceptors (Lipinski definition) is 6. The lowest BCUT2D eigenvalue weighted by Gasteiger charge is -2.15. The fourth-order valence-electron chi connectivity index (χ4n) is 3.72. The van der Waals surface area contributed by atoms with Crippen LogP contribution in [0.2, 0.25) is 0 Å². The average molecular weight is 435 g/mol. The Kier molecular flexibility index (Phi) is 6.11. The number of benzene rings is 2. The third kappa shape index (κ3) is 4.30. The largest absolute Gasteiger partial charge is 0.454 e. The molecule has 2 aliphatic heterocycles. The second-order valence-corrected chi connectivity index (χ2v) is 7.67. The van der Waals surface area contributed by atoms with Crippen LogP contribution in [0.1, 0.15) is 38.7 Å². The second-order valence-electron chi connectivity index (χ2n) is 7.67. The Morgan fingerprint density at radius 3 is 2.41 bits per heavy atom. The minimum atomic E-state index is -0.357. The van der Waals surface area contributed by atoms with Gasteiger partial charge in [0.25, 0.3) is 11.8 Å². The topological polar surface area (TPSA) is 97.0 Å². The van der Waals surface area contributed by atoms with E-state index in [-0.39, 0.29) is 30.2 Å². The van der Waals surface area contributed by atoms with Gasteiger partial charge in [0, 0.05) is 30.9 Å². The molecule has 2 heterocycles. The van der Waals surface area contributed by atoms with Gasteiger partial charge in [0.15, 0.2) is 11.5 Å². The number of anilines is 2. The van der Waals surface area contributed by atoms with Gasteiger partial charge in [0.1, 0.15) is 5.70 Å². The number of unbranched alkanes of at least 4 members (excludes halogenated alkanes) is 2. The highest BCUT2D eigenvalue weighted by molar-refractivity contribution is 6.36. The fraction of sp³-hybridized carbons (Fsp3) is 0.292. The zero-order valence-electron chi connectivity index (χ0n) is 18.1. The number of carbonyl (C=O) groups excluding carboxylic acids is 3. The smallest absolute Gasteiger partial charge is 0.278 e. The Balaban J connectivity index is 1.67. The quantitative estimate of drug-likeness (QED) is 0.484. The summed E-state index contributed by atoms with van der Waals surface area (Å²) in [7, 11) is 0. The van der Waals surface area contributed by atoms with Gasteiger partial charge in [-0.05, 0) is 36.2 Å². The van der Waals surface area contributed by atoms with Crippen molar-refractivity contribution in [3.63, 3.8) is 0 Å². The molecule has 32 heavy (non-hydrogen) atoms. The molecule has 3 amide bonds. The van der Waals surface area contributed by atoms with Crippen LogP contribution >= 0.6 is 0 Å². The molecule has 4 rings (SSSR count). The Morgan fingerprint density at radius 2 is 1.69 bits per heavy atom. The summed E-state index contributed by atoms with van der Waals surface area (Å²) in [5.41, 5.74) is 2.35. The average Bonchev–Trinajstić information content (AvgIpc) is 3.32. The van der Waals surface area contributed by atoms with E-state index in [1.54, 1.807) is 42.5 Å². The van der Waals surface area contributed by atoms with E-state index in [1.807, 2.05) is 0 Å². The van der Waals surface area contributed by atoms with Crippen molar-refractivity contribution >= 4 is 34.7 Å². The minimum absolute atomic E-state index is 0.149. The van der Waals surface area contributed by atoms with Crippen molar-refractivity contribution in [1.29, 1.82) is 0 Å². The molecular weight excluding hydrogens is 410 g/mol. The number of imide groups is 1. The van der Waals surface area contributed by atoms with E-state index in [9.17, 15) is 14.4 Å². The third-order valence-electron chi connectivity index (χ3n) is 5.29. The SMILES string of the molecule is CCCCCN1C(=O)C(Nc2ccc3c(c2)OCO3)=C(c2ccc(NC(C)=O)cc2)C1=O. The first-order chi connectivity index (χ1) is 15.5. The number of rotatable bonds is 8. The van der Waals surface area contributed by atoms with Gasteiger partial charge in [-0.3, -0.25) is 19.3 Å². The van der Waals surface area contributed by atoms with Gasteiger partial charge in [0.2, 0.25) is 12.7 Å². The lowest BCUT2D eigenvalue weighted by Crippen LogP contribution is -2.33. The van der Waals surface area contributed by atoms with Crippen LogP contribution in [0.4, 0.5) is 11.4 Å². The van der Waals surface area contributed by atoms with Crippen LogP contribution in [0.3, 0.4) is 0 Å². The van der Waals surface area contributed by atoms with Gasteiger partial charge in [-0.1, -0.05) is 31.9 Å². The molecule has 0 aliphatic carbocycles. The molecule has 0 radical (unpaired) electrons. The van der Waals surface area contributed by atoms with E-state index in [0.29, 0.717) is 40.6 Å². The maximum Gasteiger partial charge on any atom is 0.278 e. The Bertz CT molecular complexity index is 1090. The fourth-order valence-corrected chi connectivity index (χ4v) is 3.72. The molecular formula is C24H25N3O5. The molecule has 166 valence electrons. The number of nitrogens with zero attached hydrogens (tertiary/aromatic N) is 1. The van der Waals surface area contributed by atoms with Crippen LogP contribution < -0.4 is 20.1 Å². The monoisotopic (exact) mass is 435 g/mol. The van der Waals surface area contributed by atoms with E-state index in [2.05, 4.69) is 17.6 Å². The molecule has 0 saturated heterocycles. The second kappa shape index (κ2) is 9.13.